The van der Waals surface area contributed by atoms with Crippen LogP contribution in [0.15, 0.2) is 83.8 Å². The van der Waals surface area contributed by atoms with Gasteiger partial charge in [0.1, 0.15) is 18.3 Å². The van der Waals surface area contributed by atoms with Gasteiger partial charge in [0.25, 0.3) is 10.0 Å². The summed E-state index contributed by atoms with van der Waals surface area (Å²) < 4.78 is 34.2. The molecule has 0 saturated heterocycles. The highest BCUT2D eigenvalue weighted by molar-refractivity contribution is 7.92. The zero-order valence-corrected chi connectivity index (χ0v) is 24.3. The van der Waals surface area contributed by atoms with Crippen molar-refractivity contribution in [2.45, 2.75) is 50.7 Å². The fraction of sp³-hybridized carbons (Fsp3) is 0.310. The molecule has 0 heterocycles. The first-order chi connectivity index (χ1) is 18.3. The molecule has 0 radical (unpaired) electrons. The van der Waals surface area contributed by atoms with Crippen molar-refractivity contribution in [1.29, 1.82) is 0 Å². The second-order valence-corrected chi connectivity index (χ2v) is 12.3. The van der Waals surface area contributed by atoms with Gasteiger partial charge in [0.15, 0.2) is 0 Å². The number of nitrogens with one attached hydrogen (secondary N) is 1. The van der Waals surface area contributed by atoms with E-state index >= 15 is 0 Å². The van der Waals surface area contributed by atoms with Crippen LogP contribution in [-0.4, -0.2) is 50.4 Å². The Morgan fingerprint density at radius 3 is 2.15 bits per heavy atom. The van der Waals surface area contributed by atoms with Crippen LogP contribution in [0.3, 0.4) is 0 Å². The Bertz CT molecular complexity index is 1410. The second-order valence-electron chi connectivity index (χ2n) is 10.0. The average Bonchev–Trinajstić information content (AvgIpc) is 2.90. The molecule has 8 nitrogen and oxygen atoms in total. The number of halogens is 1. The summed E-state index contributed by atoms with van der Waals surface area (Å²) >= 11 is 6.40. The molecule has 3 aromatic rings. The van der Waals surface area contributed by atoms with Crippen molar-refractivity contribution in [3.8, 4) is 5.75 Å². The fourth-order valence-electron chi connectivity index (χ4n) is 3.94. The summed E-state index contributed by atoms with van der Waals surface area (Å²) in [6.07, 6.45) is 0. The van der Waals surface area contributed by atoms with Gasteiger partial charge in [0.2, 0.25) is 11.8 Å². The Hall–Kier alpha value is -3.56. The number of carbonyl (C=O) groups excluding carboxylic acids is 2. The number of hydrogen-bond donors (Lipinski definition) is 1. The third-order valence-corrected chi connectivity index (χ3v) is 8.07. The molecule has 0 spiro atoms. The first-order valence-corrected chi connectivity index (χ1v) is 14.2. The van der Waals surface area contributed by atoms with Gasteiger partial charge in [0, 0.05) is 17.1 Å². The van der Waals surface area contributed by atoms with Crippen LogP contribution in [0, 0.1) is 0 Å². The molecule has 0 unspecified atom stereocenters. The molecule has 0 bridgehead atoms. The molecule has 208 valence electrons. The first kappa shape index (κ1) is 30.0. The highest BCUT2D eigenvalue weighted by Crippen LogP contribution is 2.32. The SMILES string of the molecule is COc1ccccc1N(CC(=O)N(Cc1ccccc1Cl)[C@H](C)C(=O)NC(C)(C)C)S(=O)(=O)c1ccccc1. The number of anilines is 1. The number of carbonyl (C=O) groups is 2. The predicted molar refractivity (Wildman–Crippen MR) is 153 cm³/mol. The van der Waals surface area contributed by atoms with Crippen molar-refractivity contribution in [3.05, 3.63) is 89.4 Å². The standard InChI is InChI=1S/C29H34ClN3O5S/c1-21(28(35)31-29(2,3)4)32(19-22-13-9-10-16-24(22)30)27(34)20-33(25-17-11-12-18-26(25)38-5)39(36,37)23-14-7-6-8-15-23/h6-18,21H,19-20H2,1-5H3,(H,31,35)/t21-/m1/s1. The Labute approximate surface area is 235 Å². The van der Waals surface area contributed by atoms with Gasteiger partial charge < -0.3 is 15.0 Å². The van der Waals surface area contributed by atoms with Crippen LogP contribution < -0.4 is 14.4 Å². The summed E-state index contributed by atoms with van der Waals surface area (Å²) in [4.78, 5) is 28.5. The van der Waals surface area contributed by atoms with Crippen molar-refractivity contribution in [2.75, 3.05) is 18.0 Å². The number of para-hydroxylation sites is 2. The molecule has 0 aliphatic carbocycles. The third kappa shape index (κ3) is 7.52. The van der Waals surface area contributed by atoms with Crippen molar-refractivity contribution in [1.82, 2.24) is 10.2 Å². The van der Waals surface area contributed by atoms with Crippen LogP contribution in [0.1, 0.15) is 33.3 Å². The molecule has 3 rings (SSSR count). The van der Waals surface area contributed by atoms with Gasteiger partial charge >= 0.3 is 0 Å². The highest BCUT2D eigenvalue weighted by Gasteiger charge is 2.34. The number of ether oxygens (including phenoxy) is 1. The number of benzene rings is 3. The lowest BCUT2D eigenvalue weighted by Gasteiger charge is -2.34. The topological polar surface area (TPSA) is 96.0 Å². The molecule has 1 atom stereocenters. The third-order valence-electron chi connectivity index (χ3n) is 5.93. The average molecular weight is 572 g/mol. The number of methoxy groups -OCH3 is 1. The normalized spacial score (nSPS) is 12.4. The van der Waals surface area contributed by atoms with Crippen molar-refractivity contribution >= 4 is 39.1 Å². The second kappa shape index (κ2) is 12.5. The molecular weight excluding hydrogens is 538 g/mol. The lowest BCUT2D eigenvalue weighted by atomic mass is 10.1. The quantitative estimate of drug-likeness (QED) is 0.374. The zero-order valence-electron chi connectivity index (χ0n) is 22.7. The summed E-state index contributed by atoms with van der Waals surface area (Å²) in [5, 5.41) is 3.32. The van der Waals surface area contributed by atoms with E-state index in [0.717, 1.165) is 4.31 Å². The van der Waals surface area contributed by atoms with Gasteiger partial charge in [-0.1, -0.05) is 60.1 Å². The van der Waals surface area contributed by atoms with Gasteiger partial charge in [0.05, 0.1) is 17.7 Å². The van der Waals surface area contributed by atoms with Crippen LogP contribution >= 0.6 is 11.6 Å². The van der Waals surface area contributed by atoms with E-state index in [9.17, 15) is 18.0 Å². The van der Waals surface area contributed by atoms with Gasteiger partial charge in [-0.3, -0.25) is 13.9 Å². The van der Waals surface area contributed by atoms with Crippen molar-refractivity contribution in [2.24, 2.45) is 0 Å². The molecular formula is C29H34ClN3O5S. The minimum Gasteiger partial charge on any atom is -0.495 e. The van der Waals surface area contributed by atoms with Crippen LogP contribution in [0.25, 0.3) is 0 Å². The van der Waals surface area contributed by atoms with E-state index in [1.165, 1.54) is 24.1 Å². The Morgan fingerprint density at radius 2 is 1.54 bits per heavy atom. The van der Waals surface area contributed by atoms with E-state index in [-0.39, 0.29) is 28.8 Å². The summed E-state index contributed by atoms with van der Waals surface area (Å²) in [6.45, 7) is 6.56. The van der Waals surface area contributed by atoms with E-state index in [1.54, 1.807) is 73.7 Å². The largest absolute Gasteiger partial charge is 0.495 e. The minimum absolute atomic E-state index is 0.00237. The van der Waals surface area contributed by atoms with E-state index in [4.69, 9.17) is 16.3 Å². The van der Waals surface area contributed by atoms with Gasteiger partial charge in [-0.05, 0) is 63.6 Å². The van der Waals surface area contributed by atoms with Crippen molar-refractivity contribution < 1.29 is 22.7 Å². The maximum Gasteiger partial charge on any atom is 0.264 e. The molecule has 0 fully saturated rings. The predicted octanol–water partition coefficient (Wildman–Crippen LogP) is 4.88. The molecule has 0 aliphatic rings. The molecule has 2 amide bonds. The Morgan fingerprint density at radius 1 is 0.949 bits per heavy atom. The maximum absolute atomic E-state index is 14.0. The summed E-state index contributed by atoms with van der Waals surface area (Å²) in [7, 11) is -2.76. The summed E-state index contributed by atoms with van der Waals surface area (Å²) in [6, 6.07) is 20.5. The Balaban J connectivity index is 2.08. The summed E-state index contributed by atoms with van der Waals surface area (Å²) in [5.41, 5.74) is 0.282. The number of nitrogens with zero attached hydrogens (tertiary/aromatic N) is 2. The molecule has 1 N–H and O–H groups in total. The van der Waals surface area contributed by atoms with E-state index in [0.29, 0.717) is 10.6 Å². The minimum atomic E-state index is -4.19. The van der Waals surface area contributed by atoms with Crippen LogP contribution in [0.5, 0.6) is 5.75 Å². The van der Waals surface area contributed by atoms with Crippen molar-refractivity contribution in [3.63, 3.8) is 0 Å². The maximum atomic E-state index is 14.0. The van der Waals surface area contributed by atoms with E-state index in [2.05, 4.69) is 5.32 Å². The number of hydrogen-bond acceptors (Lipinski definition) is 5. The first-order valence-electron chi connectivity index (χ1n) is 12.4. The molecule has 0 saturated carbocycles. The zero-order chi connectivity index (χ0) is 28.8. The van der Waals surface area contributed by atoms with Crippen LogP contribution in [0.4, 0.5) is 5.69 Å². The van der Waals surface area contributed by atoms with Crippen LogP contribution in [-0.2, 0) is 26.2 Å². The van der Waals surface area contributed by atoms with E-state index < -0.39 is 34.1 Å². The molecule has 0 aromatic heterocycles. The lowest BCUT2D eigenvalue weighted by Crippen LogP contribution is -2.54. The number of amides is 2. The van der Waals surface area contributed by atoms with Gasteiger partial charge in [-0.25, -0.2) is 8.42 Å². The van der Waals surface area contributed by atoms with Crippen LogP contribution in [0.2, 0.25) is 5.02 Å². The molecule has 0 aliphatic heterocycles. The molecule has 39 heavy (non-hydrogen) atoms. The smallest absolute Gasteiger partial charge is 0.264 e. The summed E-state index contributed by atoms with van der Waals surface area (Å²) in [5.74, 6) is -0.685. The van der Waals surface area contributed by atoms with Gasteiger partial charge in [-0.2, -0.15) is 0 Å². The lowest BCUT2D eigenvalue weighted by molar-refractivity contribution is -0.140. The fourth-order valence-corrected chi connectivity index (χ4v) is 5.58. The monoisotopic (exact) mass is 571 g/mol. The number of sulfonamides is 1. The van der Waals surface area contributed by atoms with E-state index in [1.807, 2.05) is 20.8 Å². The molecule has 3 aromatic carbocycles. The molecule has 10 heteroatoms. The highest BCUT2D eigenvalue weighted by atomic mass is 35.5. The van der Waals surface area contributed by atoms with Gasteiger partial charge in [-0.15, -0.1) is 0 Å². The Kier molecular flexibility index (Phi) is 9.63. The number of rotatable bonds is 10.